The molecule has 0 unspecified atom stereocenters. The Labute approximate surface area is 85.8 Å². The molecule has 0 saturated carbocycles. The van der Waals surface area contributed by atoms with E-state index in [-0.39, 0.29) is 0 Å². The van der Waals surface area contributed by atoms with Crippen LogP contribution < -0.4 is 15.2 Å². The van der Waals surface area contributed by atoms with Gasteiger partial charge in [0.2, 0.25) is 0 Å². The van der Waals surface area contributed by atoms with E-state index in [0.29, 0.717) is 30.5 Å². The van der Waals surface area contributed by atoms with Crippen LogP contribution in [0.4, 0.5) is 5.82 Å². The fraction of sp³-hybridized carbons (Fsp3) is 0.200. The minimum atomic E-state index is 0.456. The molecule has 0 saturated heterocycles. The van der Waals surface area contributed by atoms with Crippen molar-refractivity contribution in [1.29, 1.82) is 0 Å². The Morgan fingerprint density at radius 3 is 2.60 bits per heavy atom. The first-order valence-corrected chi connectivity index (χ1v) is 4.64. The molecule has 1 aromatic carbocycles. The summed E-state index contributed by atoms with van der Waals surface area (Å²) >= 11 is 0. The molecule has 76 valence electrons. The van der Waals surface area contributed by atoms with Crippen molar-refractivity contribution in [2.45, 2.75) is 0 Å². The van der Waals surface area contributed by atoms with Crippen molar-refractivity contribution in [1.82, 2.24) is 9.97 Å². The van der Waals surface area contributed by atoms with E-state index in [1.807, 2.05) is 12.1 Å². The molecule has 0 bridgehead atoms. The molecule has 2 heterocycles. The van der Waals surface area contributed by atoms with Crippen LogP contribution in [0.5, 0.6) is 11.5 Å². The molecule has 0 aliphatic carbocycles. The van der Waals surface area contributed by atoms with Gasteiger partial charge in [0.1, 0.15) is 25.4 Å². The van der Waals surface area contributed by atoms with E-state index in [9.17, 15) is 0 Å². The zero-order chi connectivity index (χ0) is 10.3. The van der Waals surface area contributed by atoms with Crippen LogP contribution in [-0.4, -0.2) is 23.2 Å². The highest BCUT2D eigenvalue weighted by Gasteiger charge is 2.14. The van der Waals surface area contributed by atoms with Crippen molar-refractivity contribution in [2.24, 2.45) is 0 Å². The summed E-state index contributed by atoms with van der Waals surface area (Å²) in [6.07, 6.45) is 1.44. The summed E-state index contributed by atoms with van der Waals surface area (Å²) in [6, 6.07) is 3.64. The Bertz CT molecular complexity index is 527. The quantitative estimate of drug-likeness (QED) is 0.691. The van der Waals surface area contributed by atoms with Crippen LogP contribution >= 0.6 is 0 Å². The second-order valence-electron chi connectivity index (χ2n) is 3.27. The van der Waals surface area contributed by atoms with Gasteiger partial charge in [0, 0.05) is 11.5 Å². The molecule has 1 aromatic heterocycles. The molecule has 2 aromatic rings. The van der Waals surface area contributed by atoms with Gasteiger partial charge in [-0.15, -0.1) is 0 Å². The van der Waals surface area contributed by atoms with Crippen molar-refractivity contribution in [2.75, 3.05) is 18.9 Å². The molecule has 0 atom stereocenters. The van der Waals surface area contributed by atoms with Gasteiger partial charge in [-0.1, -0.05) is 0 Å². The number of nitrogens with zero attached hydrogens (tertiary/aromatic N) is 2. The van der Waals surface area contributed by atoms with E-state index in [4.69, 9.17) is 15.2 Å². The zero-order valence-electron chi connectivity index (χ0n) is 7.93. The second-order valence-corrected chi connectivity index (χ2v) is 3.27. The highest BCUT2D eigenvalue weighted by molar-refractivity contribution is 5.90. The van der Waals surface area contributed by atoms with Crippen molar-refractivity contribution < 1.29 is 9.47 Å². The first-order valence-electron chi connectivity index (χ1n) is 4.64. The third kappa shape index (κ3) is 1.24. The molecule has 0 radical (unpaired) electrons. The van der Waals surface area contributed by atoms with Gasteiger partial charge in [-0.25, -0.2) is 9.97 Å². The predicted molar refractivity (Wildman–Crippen MR) is 54.9 cm³/mol. The van der Waals surface area contributed by atoms with Crippen LogP contribution in [-0.2, 0) is 0 Å². The van der Waals surface area contributed by atoms with E-state index in [0.717, 1.165) is 10.9 Å². The molecule has 0 fully saturated rings. The van der Waals surface area contributed by atoms with Gasteiger partial charge < -0.3 is 15.2 Å². The summed E-state index contributed by atoms with van der Waals surface area (Å²) in [5.41, 5.74) is 6.51. The first-order chi connectivity index (χ1) is 7.34. The molecule has 1 aliphatic rings. The summed E-state index contributed by atoms with van der Waals surface area (Å²) in [4.78, 5) is 8.05. The van der Waals surface area contributed by atoms with Crippen LogP contribution in [0.2, 0.25) is 0 Å². The molecule has 15 heavy (non-hydrogen) atoms. The molecule has 5 heteroatoms. The van der Waals surface area contributed by atoms with E-state index >= 15 is 0 Å². The fourth-order valence-corrected chi connectivity index (χ4v) is 1.61. The van der Waals surface area contributed by atoms with Crippen LogP contribution in [0.15, 0.2) is 18.5 Å². The molecule has 0 amide bonds. The van der Waals surface area contributed by atoms with Gasteiger partial charge in [0.05, 0.1) is 5.52 Å². The van der Waals surface area contributed by atoms with Crippen LogP contribution in [0.25, 0.3) is 10.9 Å². The molecular weight excluding hydrogens is 194 g/mol. The third-order valence-electron chi connectivity index (χ3n) is 2.33. The number of fused-ring (bicyclic) bond motifs is 2. The number of aromatic nitrogens is 2. The average Bonchev–Trinajstić information content (AvgIpc) is 2.27. The lowest BCUT2D eigenvalue weighted by Gasteiger charge is -2.18. The lowest BCUT2D eigenvalue weighted by Crippen LogP contribution is -2.15. The maximum absolute atomic E-state index is 5.74. The summed E-state index contributed by atoms with van der Waals surface area (Å²) in [5, 5.41) is 0.793. The number of nitrogen functional groups attached to an aromatic ring is 1. The van der Waals surface area contributed by atoms with E-state index in [1.54, 1.807) is 0 Å². The number of anilines is 1. The maximum atomic E-state index is 5.74. The molecule has 5 nitrogen and oxygen atoms in total. The first kappa shape index (κ1) is 8.28. The lowest BCUT2D eigenvalue weighted by atomic mass is 10.2. The molecular formula is C10H9N3O2. The SMILES string of the molecule is Nc1ncnc2cc3c(cc12)OCCO3. The zero-order valence-corrected chi connectivity index (χ0v) is 7.93. The Morgan fingerprint density at radius 1 is 1.07 bits per heavy atom. The molecule has 1 aliphatic heterocycles. The number of hydrogen-bond donors (Lipinski definition) is 1. The third-order valence-corrected chi connectivity index (χ3v) is 2.33. The summed E-state index contributed by atoms with van der Waals surface area (Å²) in [6.45, 7) is 1.13. The number of benzene rings is 1. The Balaban J connectivity index is 2.31. The number of ether oxygens (including phenoxy) is 2. The topological polar surface area (TPSA) is 70.3 Å². The van der Waals surface area contributed by atoms with Gasteiger partial charge in [0.15, 0.2) is 11.5 Å². The van der Waals surface area contributed by atoms with E-state index in [2.05, 4.69) is 9.97 Å². The number of nitrogens with two attached hydrogens (primary N) is 1. The normalized spacial score (nSPS) is 14.1. The number of hydrogen-bond acceptors (Lipinski definition) is 5. The van der Waals surface area contributed by atoms with Crippen LogP contribution in [0.3, 0.4) is 0 Å². The van der Waals surface area contributed by atoms with Gasteiger partial charge in [-0.05, 0) is 6.07 Å². The monoisotopic (exact) mass is 203 g/mol. The highest BCUT2D eigenvalue weighted by atomic mass is 16.6. The van der Waals surface area contributed by atoms with Crippen molar-refractivity contribution in [3.8, 4) is 11.5 Å². The molecule has 3 rings (SSSR count). The largest absolute Gasteiger partial charge is 0.486 e. The molecule has 2 N–H and O–H groups in total. The molecule has 0 spiro atoms. The Kier molecular flexibility index (Phi) is 1.65. The second kappa shape index (κ2) is 2.98. The van der Waals surface area contributed by atoms with Gasteiger partial charge in [-0.3, -0.25) is 0 Å². The Morgan fingerprint density at radius 2 is 1.80 bits per heavy atom. The predicted octanol–water partition coefficient (Wildman–Crippen LogP) is 0.983. The minimum Gasteiger partial charge on any atom is -0.486 e. The summed E-state index contributed by atoms with van der Waals surface area (Å²) in [7, 11) is 0. The Hall–Kier alpha value is -2.04. The highest BCUT2D eigenvalue weighted by Crippen LogP contribution is 2.34. The standard InChI is InChI=1S/C10H9N3O2/c11-10-6-3-8-9(15-2-1-14-8)4-7(6)12-5-13-10/h3-5H,1-2H2,(H2,11,12,13). The fourth-order valence-electron chi connectivity index (χ4n) is 1.61. The van der Waals surface area contributed by atoms with Crippen LogP contribution in [0, 0.1) is 0 Å². The lowest BCUT2D eigenvalue weighted by molar-refractivity contribution is 0.172. The van der Waals surface area contributed by atoms with E-state index in [1.165, 1.54) is 6.33 Å². The van der Waals surface area contributed by atoms with Gasteiger partial charge >= 0.3 is 0 Å². The summed E-state index contributed by atoms with van der Waals surface area (Å²) < 4.78 is 10.9. The van der Waals surface area contributed by atoms with Crippen molar-refractivity contribution >= 4 is 16.7 Å². The average molecular weight is 203 g/mol. The maximum Gasteiger partial charge on any atom is 0.163 e. The smallest absolute Gasteiger partial charge is 0.163 e. The van der Waals surface area contributed by atoms with E-state index < -0.39 is 0 Å². The van der Waals surface area contributed by atoms with Crippen molar-refractivity contribution in [3.05, 3.63) is 18.5 Å². The van der Waals surface area contributed by atoms with Gasteiger partial charge in [0.25, 0.3) is 0 Å². The minimum absolute atomic E-state index is 0.456. The summed E-state index contributed by atoms with van der Waals surface area (Å²) in [5.74, 6) is 1.87. The van der Waals surface area contributed by atoms with Gasteiger partial charge in [-0.2, -0.15) is 0 Å². The van der Waals surface area contributed by atoms with Crippen molar-refractivity contribution in [3.63, 3.8) is 0 Å². The van der Waals surface area contributed by atoms with Crippen LogP contribution in [0.1, 0.15) is 0 Å². The number of rotatable bonds is 0.